The number of hydrogen-bond acceptors (Lipinski definition) is 4. The lowest BCUT2D eigenvalue weighted by Crippen LogP contribution is -2.41. The summed E-state index contributed by atoms with van der Waals surface area (Å²) < 4.78 is 0. The molecule has 4 nitrogen and oxygen atoms in total. The number of rotatable bonds is 4. The fraction of sp³-hybridized carbons (Fsp3) is 0.333. The summed E-state index contributed by atoms with van der Waals surface area (Å²) >= 11 is 1.75. The highest BCUT2D eigenvalue weighted by molar-refractivity contribution is 7.10. The monoisotopic (exact) mass is 325 g/mol. The Hall–Kier alpha value is -2.16. The topological polar surface area (TPSA) is 56.1 Å². The molecule has 1 aromatic heterocycles. The minimum absolute atomic E-state index is 0.0245. The predicted molar refractivity (Wildman–Crippen MR) is 92.2 cm³/mol. The van der Waals surface area contributed by atoms with E-state index in [-0.39, 0.29) is 11.9 Å². The highest BCUT2D eigenvalue weighted by Crippen LogP contribution is 2.36. The molecule has 1 fully saturated rings. The molecule has 23 heavy (non-hydrogen) atoms. The number of carbonyl (C=O) groups is 1. The molecule has 1 saturated heterocycles. The van der Waals surface area contributed by atoms with Gasteiger partial charge in [0, 0.05) is 16.6 Å². The van der Waals surface area contributed by atoms with Crippen LogP contribution < -0.4 is 5.32 Å². The predicted octanol–water partition coefficient (Wildman–Crippen LogP) is 3.78. The van der Waals surface area contributed by atoms with Gasteiger partial charge in [0.25, 0.3) is 0 Å². The lowest BCUT2D eigenvalue weighted by atomic mass is 10.1. The second kappa shape index (κ2) is 6.95. The molecule has 0 aliphatic carbocycles. The van der Waals surface area contributed by atoms with Gasteiger partial charge in [-0.15, -0.1) is 11.3 Å². The van der Waals surface area contributed by atoms with Gasteiger partial charge in [-0.3, -0.25) is 9.69 Å². The Kier molecular flexibility index (Phi) is 4.75. The van der Waals surface area contributed by atoms with E-state index in [9.17, 15) is 4.79 Å². The van der Waals surface area contributed by atoms with Gasteiger partial charge in [-0.2, -0.15) is 5.26 Å². The zero-order valence-electron chi connectivity index (χ0n) is 13.0. The molecule has 0 radical (unpaired) electrons. The van der Waals surface area contributed by atoms with E-state index in [1.165, 1.54) is 4.88 Å². The smallest absolute Gasteiger partial charge is 0.241 e. The van der Waals surface area contributed by atoms with Crippen LogP contribution in [0.25, 0.3) is 0 Å². The number of anilines is 1. The van der Waals surface area contributed by atoms with Crippen molar-refractivity contribution in [2.24, 2.45) is 0 Å². The zero-order chi connectivity index (χ0) is 16.2. The third-order valence-electron chi connectivity index (χ3n) is 4.30. The largest absolute Gasteiger partial charge is 0.325 e. The van der Waals surface area contributed by atoms with Gasteiger partial charge in [0.15, 0.2) is 0 Å². The highest BCUT2D eigenvalue weighted by Gasteiger charge is 2.33. The molecule has 0 unspecified atom stereocenters. The number of amides is 1. The number of carbonyl (C=O) groups excluding carboxylic acids is 1. The van der Waals surface area contributed by atoms with Crippen LogP contribution in [0.3, 0.4) is 0 Å². The molecule has 1 aromatic carbocycles. The molecule has 1 aliphatic rings. The summed E-state index contributed by atoms with van der Waals surface area (Å²) in [5.74, 6) is -0.0245. The van der Waals surface area contributed by atoms with Gasteiger partial charge in [-0.05, 0) is 56.0 Å². The maximum atomic E-state index is 12.6. The van der Waals surface area contributed by atoms with Crippen molar-refractivity contribution in [1.82, 2.24) is 4.90 Å². The van der Waals surface area contributed by atoms with Crippen LogP contribution in [0.5, 0.6) is 0 Å². The number of benzene rings is 1. The fourth-order valence-electron chi connectivity index (χ4n) is 3.10. The van der Waals surface area contributed by atoms with E-state index < -0.39 is 0 Å². The van der Waals surface area contributed by atoms with Crippen LogP contribution in [0.2, 0.25) is 0 Å². The number of nitriles is 1. The van der Waals surface area contributed by atoms with Crippen LogP contribution in [-0.4, -0.2) is 23.4 Å². The van der Waals surface area contributed by atoms with Crippen molar-refractivity contribution < 1.29 is 4.79 Å². The Morgan fingerprint density at radius 1 is 1.43 bits per heavy atom. The Bertz CT molecular complexity index is 720. The lowest BCUT2D eigenvalue weighted by Gasteiger charge is -2.29. The second-order valence-corrected chi connectivity index (χ2v) is 6.75. The van der Waals surface area contributed by atoms with E-state index in [0.717, 1.165) is 19.4 Å². The summed E-state index contributed by atoms with van der Waals surface area (Å²) in [6.45, 7) is 2.89. The molecule has 2 heterocycles. The van der Waals surface area contributed by atoms with Crippen molar-refractivity contribution in [3.63, 3.8) is 0 Å². The molecule has 1 N–H and O–H groups in total. The summed E-state index contributed by atoms with van der Waals surface area (Å²) in [5, 5.41) is 14.0. The molecule has 2 aromatic rings. The average molecular weight is 325 g/mol. The van der Waals surface area contributed by atoms with Crippen LogP contribution in [0, 0.1) is 11.3 Å². The first-order valence-electron chi connectivity index (χ1n) is 7.79. The Balaban J connectivity index is 1.70. The van der Waals surface area contributed by atoms with Crippen molar-refractivity contribution in [3.05, 3.63) is 52.2 Å². The highest BCUT2D eigenvalue weighted by atomic mass is 32.1. The SMILES string of the molecule is C[C@@H](C(=O)Nc1cccc(C#N)c1)N1CCC[C@@H]1c1cccs1. The summed E-state index contributed by atoms with van der Waals surface area (Å²) in [6.07, 6.45) is 2.21. The van der Waals surface area contributed by atoms with Crippen molar-refractivity contribution in [2.45, 2.75) is 31.8 Å². The first-order valence-corrected chi connectivity index (χ1v) is 8.67. The minimum atomic E-state index is -0.199. The van der Waals surface area contributed by atoms with Crippen LogP contribution in [0.15, 0.2) is 41.8 Å². The first-order chi connectivity index (χ1) is 11.2. The van der Waals surface area contributed by atoms with E-state index in [4.69, 9.17) is 5.26 Å². The number of nitrogens with one attached hydrogen (secondary N) is 1. The van der Waals surface area contributed by atoms with E-state index in [1.807, 2.05) is 13.0 Å². The molecule has 1 aliphatic heterocycles. The quantitative estimate of drug-likeness (QED) is 0.930. The maximum Gasteiger partial charge on any atom is 0.241 e. The van der Waals surface area contributed by atoms with Gasteiger partial charge in [0.1, 0.15) is 0 Å². The van der Waals surface area contributed by atoms with Crippen LogP contribution in [-0.2, 0) is 4.79 Å². The molecule has 0 bridgehead atoms. The molecule has 0 saturated carbocycles. The van der Waals surface area contributed by atoms with E-state index in [2.05, 4.69) is 33.8 Å². The Morgan fingerprint density at radius 3 is 3.04 bits per heavy atom. The third kappa shape index (κ3) is 3.44. The summed E-state index contributed by atoms with van der Waals surface area (Å²) in [7, 11) is 0. The number of nitrogens with zero attached hydrogens (tertiary/aromatic N) is 2. The molecule has 118 valence electrons. The van der Waals surface area contributed by atoms with Crippen molar-refractivity contribution >= 4 is 22.9 Å². The normalized spacial score (nSPS) is 19.2. The first kappa shape index (κ1) is 15.7. The van der Waals surface area contributed by atoms with E-state index in [1.54, 1.807) is 29.5 Å². The number of likely N-dealkylation sites (tertiary alicyclic amines) is 1. The summed E-state index contributed by atoms with van der Waals surface area (Å²) in [4.78, 5) is 16.2. The van der Waals surface area contributed by atoms with Gasteiger partial charge >= 0.3 is 0 Å². The lowest BCUT2D eigenvalue weighted by molar-refractivity contribution is -0.121. The Labute approximate surface area is 140 Å². The molecule has 1 amide bonds. The number of thiophene rings is 1. The minimum Gasteiger partial charge on any atom is -0.325 e. The third-order valence-corrected chi connectivity index (χ3v) is 5.28. The maximum absolute atomic E-state index is 12.6. The molecular weight excluding hydrogens is 306 g/mol. The van der Waals surface area contributed by atoms with Gasteiger partial charge in [0.05, 0.1) is 17.7 Å². The van der Waals surface area contributed by atoms with Crippen LogP contribution in [0.1, 0.15) is 36.2 Å². The zero-order valence-corrected chi connectivity index (χ0v) is 13.8. The van der Waals surface area contributed by atoms with Gasteiger partial charge in [0.2, 0.25) is 5.91 Å². The van der Waals surface area contributed by atoms with Crippen molar-refractivity contribution in [3.8, 4) is 6.07 Å². The van der Waals surface area contributed by atoms with Crippen molar-refractivity contribution in [1.29, 1.82) is 5.26 Å². The van der Waals surface area contributed by atoms with Gasteiger partial charge in [-0.25, -0.2) is 0 Å². The summed E-state index contributed by atoms with van der Waals surface area (Å²) in [6, 6.07) is 13.5. The molecule has 3 rings (SSSR count). The Morgan fingerprint density at radius 2 is 2.30 bits per heavy atom. The van der Waals surface area contributed by atoms with E-state index in [0.29, 0.717) is 17.3 Å². The number of hydrogen-bond donors (Lipinski definition) is 1. The van der Waals surface area contributed by atoms with Crippen molar-refractivity contribution in [2.75, 3.05) is 11.9 Å². The standard InChI is InChI=1S/C18H19N3OS/c1-13(18(22)20-15-6-2-5-14(11-15)12-19)21-9-3-7-16(21)17-8-4-10-23-17/h2,4-6,8,10-11,13,16H,3,7,9H2,1H3,(H,20,22)/t13-,16+/m0/s1. The fourth-order valence-corrected chi connectivity index (χ4v) is 3.98. The van der Waals surface area contributed by atoms with Gasteiger partial charge < -0.3 is 5.32 Å². The van der Waals surface area contributed by atoms with E-state index >= 15 is 0 Å². The molecular formula is C18H19N3OS. The molecule has 0 spiro atoms. The molecule has 5 heteroatoms. The van der Waals surface area contributed by atoms with Crippen LogP contribution in [0.4, 0.5) is 5.69 Å². The average Bonchev–Trinajstić information content (AvgIpc) is 3.25. The summed E-state index contributed by atoms with van der Waals surface area (Å²) in [5.41, 5.74) is 1.22. The molecule has 2 atom stereocenters. The van der Waals surface area contributed by atoms with Crippen LogP contribution >= 0.6 is 11.3 Å². The van der Waals surface area contributed by atoms with Gasteiger partial charge in [-0.1, -0.05) is 12.1 Å². The second-order valence-electron chi connectivity index (χ2n) is 5.77.